The molecule has 5 nitrogen and oxygen atoms in total. The molecule has 6 heteroatoms. The van der Waals surface area contributed by atoms with Gasteiger partial charge in [-0.2, -0.15) is 4.98 Å². The van der Waals surface area contributed by atoms with Crippen molar-refractivity contribution in [3.05, 3.63) is 69.6 Å². The van der Waals surface area contributed by atoms with Crippen LogP contribution >= 0.6 is 11.8 Å². The van der Waals surface area contributed by atoms with Crippen molar-refractivity contribution in [1.29, 1.82) is 0 Å². The number of hydrogen-bond donors (Lipinski definition) is 1. The second kappa shape index (κ2) is 6.04. The lowest BCUT2D eigenvalue weighted by atomic mass is 9.87. The lowest BCUT2D eigenvalue weighted by Gasteiger charge is -2.26. The summed E-state index contributed by atoms with van der Waals surface area (Å²) >= 11 is 1.66. The highest BCUT2D eigenvalue weighted by Gasteiger charge is 2.31. The molecular formula is C19H17N3O2S. The number of anilines is 1. The molecule has 0 unspecified atom stereocenters. The SMILES string of the molecule is CSc1ccc([C@@H]2CC(=O)Nc3c2c(=O)nc2c(C)cccn32)cc1. The number of benzene rings is 1. The molecule has 0 spiro atoms. The van der Waals surface area contributed by atoms with E-state index in [0.717, 1.165) is 16.0 Å². The highest BCUT2D eigenvalue weighted by atomic mass is 32.2. The third-order valence-corrected chi connectivity index (χ3v) is 5.35. The minimum Gasteiger partial charge on any atom is -0.311 e. The summed E-state index contributed by atoms with van der Waals surface area (Å²) in [5.41, 5.74) is 2.70. The van der Waals surface area contributed by atoms with Crippen molar-refractivity contribution >= 4 is 29.1 Å². The minimum atomic E-state index is -0.280. The van der Waals surface area contributed by atoms with Gasteiger partial charge in [-0.3, -0.25) is 14.0 Å². The molecule has 1 aliphatic rings. The number of pyridine rings is 1. The molecule has 4 rings (SSSR count). The van der Waals surface area contributed by atoms with Crippen LogP contribution in [0, 0.1) is 6.92 Å². The molecule has 1 atom stereocenters. The molecule has 0 aliphatic carbocycles. The van der Waals surface area contributed by atoms with E-state index in [1.807, 2.05) is 55.8 Å². The van der Waals surface area contributed by atoms with Crippen LogP contribution in [-0.4, -0.2) is 21.5 Å². The maximum atomic E-state index is 12.8. The predicted molar refractivity (Wildman–Crippen MR) is 99.5 cm³/mol. The van der Waals surface area contributed by atoms with Gasteiger partial charge in [0.2, 0.25) is 5.91 Å². The van der Waals surface area contributed by atoms with E-state index < -0.39 is 0 Å². The topological polar surface area (TPSA) is 63.5 Å². The average molecular weight is 351 g/mol. The zero-order chi connectivity index (χ0) is 17.6. The van der Waals surface area contributed by atoms with Crippen molar-refractivity contribution in [3.8, 4) is 0 Å². The van der Waals surface area contributed by atoms with Gasteiger partial charge < -0.3 is 5.32 Å². The molecule has 1 aromatic carbocycles. The van der Waals surface area contributed by atoms with Gasteiger partial charge in [0.15, 0.2) is 0 Å². The molecule has 0 radical (unpaired) electrons. The van der Waals surface area contributed by atoms with E-state index in [4.69, 9.17) is 0 Å². The van der Waals surface area contributed by atoms with Crippen LogP contribution < -0.4 is 10.9 Å². The first-order chi connectivity index (χ1) is 12.1. The van der Waals surface area contributed by atoms with Crippen LogP contribution in [0.25, 0.3) is 5.65 Å². The fourth-order valence-corrected chi connectivity index (χ4v) is 3.76. The quantitative estimate of drug-likeness (QED) is 0.720. The van der Waals surface area contributed by atoms with Crippen molar-refractivity contribution in [1.82, 2.24) is 9.38 Å². The van der Waals surface area contributed by atoms with E-state index >= 15 is 0 Å². The lowest BCUT2D eigenvalue weighted by Crippen LogP contribution is -2.32. The molecule has 3 aromatic rings. The molecule has 2 aromatic heterocycles. The Labute approximate surface area is 149 Å². The number of carbonyl (C=O) groups excluding carboxylic acids is 1. The first kappa shape index (κ1) is 15.9. The predicted octanol–water partition coefficient (Wildman–Crippen LogP) is 3.20. The summed E-state index contributed by atoms with van der Waals surface area (Å²) in [5, 5.41) is 2.87. The van der Waals surface area contributed by atoms with Crippen molar-refractivity contribution in [2.75, 3.05) is 11.6 Å². The van der Waals surface area contributed by atoms with Crippen LogP contribution in [0.2, 0.25) is 0 Å². The fourth-order valence-electron chi connectivity index (χ4n) is 3.35. The molecule has 0 bridgehead atoms. The molecular weight excluding hydrogens is 334 g/mol. The summed E-state index contributed by atoms with van der Waals surface area (Å²) in [6.45, 7) is 1.90. The molecule has 1 N–H and O–H groups in total. The lowest BCUT2D eigenvalue weighted by molar-refractivity contribution is -0.116. The standard InChI is InChI=1S/C19H17N3O2S/c1-11-4-3-9-22-17(11)21-19(24)16-14(10-15(23)20-18(16)22)12-5-7-13(25-2)8-6-12/h3-9,14H,10H2,1-2H3,(H,20,23)/t14-/m0/s1. The van der Waals surface area contributed by atoms with Gasteiger partial charge in [-0.1, -0.05) is 18.2 Å². The van der Waals surface area contributed by atoms with Gasteiger partial charge in [0.1, 0.15) is 11.5 Å². The Morgan fingerprint density at radius 3 is 2.68 bits per heavy atom. The Balaban J connectivity index is 1.96. The number of rotatable bonds is 2. The van der Waals surface area contributed by atoms with Crippen molar-refractivity contribution in [3.63, 3.8) is 0 Å². The number of nitrogens with zero attached hydrogens (tertiary/aromatic N) is 2. The number of aromatic nitrogens is 2. The Kier molecular flexibility index (Phi) is 3.84. The number of thioether (sulfide) groups is 1. The van der Waals surface area contributed by atoms with E-state index in [1.165, 1.54) is 0 Å². The molecule has 0 fully saturated rings. The Bertz CT molecular complexity index is 1040. The molecule has 25 heavy (non-hydrogen) atoms. The summed E-state index contributed by atoms with van der Waals surface area (Å²) in [5.74, 6) is 0.165. The van der Waals surface area contributed by atoms with Gasteiger partial charge in [0.25, 0.3) is 5.56 Å². The summed E-state index contributed by atoms with van der Waals surface area (Å²) in [7, 11) is 0. The van der Waals surface area contributed by atoms with Gasteiger partial charge in [-0.15, -0.1) is 11.8 Å². The molecule has 0 saturated heterocycles. The van der Waals surface area contributed by atoms with Crippen molar-refractivity contribution in [2.24, 2.45) is 0 Å². The summed E-state index contributed by atoms with van der Waals surface area (Å²) < 4.78 is 1.80. The van der Waals surface area contributed by atoms with Gasteiger partial charge >= 0.3 is 0 Å². The summed E-state index contributed by atoms with van der Waals surface area (Å²) in [4.78, 5) is 30.5. The highest BCUT2D eigenvalue weighted by Crippen LogP contribution is 2.35. The maximum Gasteiger partial charge on any atom is 0.279 e. The van der Waals surface area contributed by atoms with Crippen molar-refractivity contribution < 1.29 is 4.79 Å². The highest BCUT2D eigenvalue weighted by molar-refractivity contribution is 7.98. The molecule has 0 saturated carbocycles. The van der Waals surface area contributed by atoms with E-state index in [-0.39, 0.29) is 23.8 Å². The Morgan fingerprint density at radius 2 is 1.96 bits per heavy atom. The maximum absolute atomic E-state index is 12.8. The Hall–Kier alpha value is -2.60. The van der Waals surface area contributed by atoms with Crippen molar-refractivity contribution in [2.45, 2.75) is 24.2 Å². The van der Waals surface area contributed by atoms with Crippen LogP contribution in [0.15, 0.2) is 52.3 Å². The normalized spacial score (nSPS) is 16.6. The smallest absolute Gasteiger partial charge is 0.279 e. The monoisotopic (exact) mass is 351 g/mol. The number of amides is 1. The Morgan fingerprint density at radius 1 is 1.20 bits per heavy atom. The molecule has 126 valence electrons. The molecule has 1 amide bonds. The van der Waals surface area contributed by atoms with Crippen LogP contribution in [0.5, 0.6) is 0 Å². The van der Waals surface area contributed by atoms with E-state index in [0.29, 0.717) is 17.0 Å². The van der Waals surface area contributed by atoms with Crippen LogP contribution in [0.1, 0.15) is 29.0 Å². The van der Waals surface area contributed by atoms with E-state index in [9.17, 15) is 9.59 Å². The number of aryl methyl sites for hydroxylation is 1. The van der Waals surface area contributed by atoms with E-state index in [2.05, 4.69) is 10.3 Å². The van der Waals surface area contributed by atoms with Gasteiger partial charge in [0, 0.05) is 23.4 Å². The number of hydrogen-bond acceptors (Lipinski definition) is 4. The first-order valence-electron chi connectivity index (χ1n) is 8.04. The largest absolute Gasteiger partial charge is 0.311 e. The average Bonchev–Trinajstić information content (AvgIpc) is 2.62. The second-order valence-corrected chi connectivity index (χ2v) is 7.02. The van der Waals surface area contributed by atoms with E-state index in [1.54, 1.807) is 16.2 Å². The first-order valence-corrected chi connectivity index (χ1v) is 9.26. The molecule has 3 heterocycles. The van der Waals surface area contributed by atoms with Crippen LogP contribution in [-0.2, 0) is 4.79 Å². The second-order valence-electron chi connectivity index (χ2n) is 6.14. The van der Waals surface area contributed by atoms with Gasteiger partial charge in [-0.05, 0) is 42.5 Å². The molecule has 1 aliphatic heterocycles. The third-order valence-electron chi connectivity index (χ3n) is 4.61. The summed E-state index contributed by atoms with van der Waals surface area (Å²) in [6.07, 6.45) is 4.09. The van der Waals surface area contributed by atoms with Gasteiger partial charge in [0.05, 0.1) is 5.56 Å². The fraction of sp³-hybridized carbons (Fsp3) is 0.211. The zero-order valence-corrected chi connectivity index (χ0v) is 14.8. The van der Waals surface area contributed by atoms with Gasteiger partial charge in [-0.25, -0.2) is 0 Å². The number of fused-ring (bicyclic) bond motifs is 3. The zero-order valence-electron chi connectivity index (χ0n) is 13.9. The number of carbonyl (C=O) groups is 1. The number of nitrogens with one attached hydrogen (secondary N) is 1. The minimum absolute atomic E-state index is 0.0904. The third kappa shape index (κ3) is 2.62. The van der Waals surface area contributed by atoms with Crippen LogP contribution in [0.4, 0.5) is 5.82 Å². The van der Waals surface area contributed by atoms with Crippen LogP contribution in [0.3, 0.4) is 0 Å². The summed E-state index contributed by atoms with van der Waals surface area (Å²) in [6, 6.07) is 11.8.